The first-order valence-corrected chi connectivity index (χ1v) is 9.98. The SMILES string of the molecule is Cc1cc(N(CCC(=O)Nc2ccccc2OC(C)C)S(C)(=O)=O)no1. The van der Waals surface area contributed by atoms with E-state index in [0.29, 0.717) is 17.2 Å². The first kappa shape index (κ1) is 19.8. The molecule has 26 heavy (non-hydrogen) atoms. The smallest absolute Gasteiger partial charge is 0.233 e. The zero-order valence-corrected chi connectivity index (χ0v) is 16.0. The summed E-state index contributed by atoms with van der Waals surface area (Å²) in [6.45, 7) is 5.39. The maximum atomic E-state index is 12.3. The van der Waals surface area contributed by atoms with Gasteiger partial charge in [-0.2, -0.15) is 0 Å². The van der Waals surface area contributed by atoms with E-state index in [9.17, 15) is 13.2 Å². The Hall–Kier alpha value is -2.55. The Labute approximate surface area is 153 Å². The summed E-state index contributed by atoms with van der Waals surface area (Å²) in [6.07, 6.45) is 0.972. The molecule has 0 radical (unpaired) electrons. The molecule has 1 heterocycles. The molecule has 0 bridgehead atoms. The van der Waals surface area contributed by atoms with E-state index in [4.69, 9.17) is 9.26 Å². The van der Waals surface area contributed by atoms with Crippen LogP contribution in [0.5, 0.6) is 5.75 Å². The standard InChI is InChI=1S/C17H23N3O5S/c1-12(2)24-15-8-6-5-7-14(15)18-17(21)9-10-20(26(4,22)23)16-11-13(3)25-19-16/h5-8,11-12H,9-10H2,1-4H3,(H,18,21). The number of nitrogens with zero attached hydrogens (tertiary/aromatic N) is 2. The molecule has 0 atom stereocenters. The van der Waals surface area contributed by atoms with E-state index in [1.807, 2.05) is 19.9 Å². The molecule has 0 aliphatic carbocycles. The second kappa shape index (κ2) is 8.22. The minimum atomic E-state index is -3.59. The number of aromatic nitrogens is 1. The van der Waals surface area contributed by atoms with Crippen molar-refractivity contribution >= 4 is 27.4 Å². The first-order valence-electron chi connectivity index (χ1n) is 8.13. The van der Waals surface area contributed by atoms with Crippen LogP contribution in [0.2, 0.25) is 0 Å². The van der Waals surface area contributed by atoms with E-state index in [1.165, 1.54) is 6.07 Å². The van der Waals surface area contributed by atoms with E-state index in [-0.39, 0.29) is 30.8 Å². The molecular formula is C17H23N3O5S. The van der Waals surface area contributed by atoms with Crippen LogP contribution in [0.25, 0.3) is 0 Å². The summed E-state index contributed by atoms with van der Waals surface area (Å²) >= 11 is 0. The van der Waals surface area contributed by atoms with E-state index >= 15 is 0 Å². The molecule has 0 aliphatic rings. The normalized spacial score (nSPS) is 11.4. The van der Waals surface area contributed by atoms with Gasteiger partial charge < -0.3 is 14.6 Å². The van der Waals surface area contributed by atoms with Crippen LogP contribution < -0.4 is 14.4 Å². The number of rotatable bonds is 8. The quantitative estimate of drug-likeness (QED) is 0.754. The van der Waals surface area contributed by atoms with Crippen LogP contribution in [0.4, 0.5) is 11.5 Å². The molecule has 1 aromatic carbocycles. The van der Waals surface area contributed by atoms with Crippen molar-refractivity contribution in [2.45, 2.75) is 33.3 Å². The highest BCUT2D eigenvalue weighted by atomic mass is 32.2. The zero-order chi connectivity index (χ0) is 19.3. The van der Waals surface area contributed by atoms with Crippen LogP contribution in [0.3, 0.4) is 0 Å². The maximum Gasteiger partial charge on any atom is 0.233 e. The van der Waals surface area contributed by atoms with Crippen LogP contribution in [0, 0.1) is 6.92 Å². The summed E-state index contributed by atoms with van der Waals surface area (Å²) in [6, 6.07) is 8.59. The minimum Gasteiger partial charge on any atom is -0.489 e. The molecule has 0 fully saturated rings. The third-order valence-corrected chi connectivity index (χ3v) is 4.51. The van der Waals surface area contributed by atoms with Crippen molar-refractivity contribution in [2.24, 2.45) is 0 Å². The Balaban J connectivity index is 2.05. The number of sulfonamides is 1. The summed E-state index contributed by atoms with van der Waals surface area (Å²) in [4.78, 5) is 12.3. The van der Waals surface area contributed by atoms with Crippen LogP contribution in [0.1, 0.15) is 26.0 Å². The Morgan fingerprint density at radius 2 is 2.04 bits per heavy atom. The molecule has 0 saturated carbocycles. The van der Waals surface area contributed by atoms with Gasteiger partial charge in [0.05, 0.1) is 18.0 Å². The lowest BCUT2D eigenvalue weighted by Gasteiger charge is -2.19. The van der Waals surface area contributed by atoms with Crippen molar-refractivity contribution < 1.29 is 22.5 Å². The molecule has 1 amide bonds. The summed E-state index contributed by atoms with van der Waals surface area (Å²) in [5.74, 6) is 0.862. The highest BCUT2D eigenvalue weighted by Gasteiger charge is 2.22. The van der Waals surface area contributed by atoms with Gasteiger partial charge in [0.2, 0.25) is 15.9 Å². The van der Waals surface area contributed by atoms with Gasteiger partial charge in [-0.1, -0.05) is 17.3 Å². The van der Waals surface area contributed by atoms with Crippen molar-refractivity contribution in [1.29, 1.82) is 0 Å². The van der Waals surface area contributed by atoms with Gasteiger partial charge in [0.15, 0.2) is 5.82 Å². The number of aryl methyl sites for hydroxylation is 1. The number of para-hydroxylation sites is 2. The summed E-state index contributed by atoms with van der Waals surface area (Å²) in [5, 5.41) is 6.46. The van der Waals surface area contributed by atoms with Gasteiger partial charge >= 0.3 is 0 Å². The van der Waals surface area contributed by atoms with Gasteiger partial charge in [0.1, 0.15) is 11.5 Å². The van der Waals surface area contributed by atoms with Crippen molar-refractivity contribution in [3.05, 3.63) is 36.1 Å². The lowest BCUT2D eigenvalue weighted by atomic mass is 10.2. The van der Waals surface area contributed by atoms with Crippen LogP contribution in [-0.2, 0) is 14.8 Å². The molecule has 9 heteroatoms. The topological polar surface area (TPSA) is 102 Å². The van der Waals surface area contributed by atoms with Crippen LogP contribution in [0.15, 0.2) is 34.9 Å². The van der Waals surface area contributed by atoms with E-state index in [1.54, 1.807) is 25.1 Å². The molecule has 0 aliphatic heterocycles. The van der Waals surface area contributed by atoms with E-state index < -0.39 is 10.0 Å². The number of nitrogens with one attached hydrogen (secondary N) is 1. The number of ether oxygens (including phenoxy) is 1. The average Bonchev–Trinajstić information content (AvgIpc) is 2.93. The minimum absolute atomic E-state index is 0.0378. The largest absolute Gasteiger partial charge is 0.489 e. The number of anilines is 2. The van der Waals surface area contributed by atoms with Crippen molar-refractivity contribution in [3.8, 4) is 5.75 Å². The molecule has 0 unspecified atom stereocenters. The second-order valence-electron chi connectivity index (χ2n) is 6.09. The number of amides is 1. The summed E-state index contributed by atoms with van der Waals surface area (Å²) < 4.78 is 35.6. The van der Waals surface area contributed by atoms with E-state index in [2.05, 4.69) is 10.5 Å². The number of benzene rings is 1. The van der Waals surface area contributed by atoms with Crippen molar-refractivity contribution in [3.63, 3.8) is 0 Å². The van der Waals surface area contributed by atoms with Gasteiger partial charge in [0.25, 0.3) is 0 Å². The average molecular weight is 381 g/mol. The Bertz CT molecular complexity index is 861. The summed E-state index contributed by atoms with van der Waals surface area (Å²) in [7, 11) is -3.59. The van der Waals surface area contributed by atoms with Gasteiger partial charge in [-0.25, -0.2) is 8.42 Å². The molecule has 1 aromatic heterocycles. The number of hydrogen-bond acceptors (Lipinski definition) is 6. The zero-order valence-electron chi connectivity index (χ0n) is 15.2. The van der Waals surface area contributed by atoms with Gasteiger partial charge in [-0.15, -0.1) is 0 Å². The molecule has 8 nitrogen and oxygen atoms in total. The summed E-state index contributed by atoms with van der Waals surface area (Å²) in [5.41, 5.74) is 0.536. The predicted molar refractivity (Wildman–Crippen MR) is 98.9 cm³/mol. The Morgan fingerprint density at radius 3 is 2.62 bits per heavy atom. The van der Waals surface area contributed by atoms with Crippen LogP contribution in [-0.4, -0.2) is 38.4 Å². The first-order chi connectivity index (χ1) is 12.2. The van der Waals surface area contributed by atoms with Crippen molar-refractivity contribution in [2.75, 3.05) is 22.4 Å². The number of carbonyl (C=O) groups is 1. The second-order valence-corrected chi connectivity index (χ2v) is 8.00. The highest BCUT2D eigenvalue weighted by Crippen LogP contribution is 2.25. The third kappa shape index (κ3) is 5.48. The molecule has 0 spiro atoms. The fraction of sp³-hybridized carbons (Fsp3) is 0.412. The molecule has 1 N–H and O–H groups in total. The monoisotopic (exact) mass is 381 g/mol. The van der Waals surface area contributed by atoms with Crippen LogP contribution >= 0.6 is 0 Å². The van der Waals surface area contributed by atoms with Gasteiger partial charge in [-0.05, 0) is 32.9 Å². The van der Waals surface area contributed by atoms with Crippen molar-refractivity contribution in [1.82, 2.24) is 5.16 Å². The van der Waals surface area contributed by atoms with Gasteiger partial charge in [0, 0.05) is 19.0 Å². The highest BCUT2D eigenvalue weighted by molar-refractivity contribution is 7.92. The lowest BCUT2D eigenvalue weighted by molar-refractivity contribution is -0.116. The molecule has 142 valence electrons. The predicted octanol–water partition coefficient (Wildman–Crippen LogP) is 2.57. The fourth-order valence-electron chi connectivity index (χ4n) is 2.26. The Morgan fingerprint density at radius 1 is 1.35 bits per heavy atom. The number of hydrogen-bond donors (Lipinski definition) is 1. The molecular weight excluding hydrogens is 358 g/mol. The lowest BCUT2D eigenvalue weighted by Crippen LogP contribution is -2.33. The molecule has 2 aromatic rings. The third-order valence-electron chi connectivity index (χ3n) is 3.34. The Kier molecular flexibility index (Phi) is 6.25. The fourth-order valence-corrected chi connectivity index (χ4v) is 3.11. The molecule has 0 saturated heterocycles. The maximum absolute atomic E-state index is 12.3. The van der Waals surface area contributed by atoms with E-state index in [0.717, 1.165) is 10.6 Å². The van der Waals surface area contributed by atoms with Gasteiger partial charge in [-0.3, -0.25) is 9.10 Å². The number of carbonyl (C=O) groups excluding carboxylic acids is 1. The molecule has 2 rings (SSSR count).